The lowest BCUT2D eigenvalue weighted by molar-refractivity contribution is 0.102. The van der Waals surface area contributed by atoms with Gasteiger partial charge in [0.2, 0.25) is 0 Å². The third-order valence-electron chi connectivity index (χ3n) is 4.72. The largest absolute Gasteiger partial charge is 0.322 e. The Bertz CT molecular complexity index is 1020. The molecule has 0 unspecified atom stereocenters. The van der Waals surface area contributed by atoms with Crippen molar-refractivity contribution in [3.8, 4) is 0 Å². The van der Waals surface area contributed by atoms with Gasteiger partial charge < -0.3 is 9.62 Å². The van der Waals surface area contributed by atoms with Crippen LogP contribution in [-0.4, -0.2) is 18.7 Å². The maximum Gasteiger partial charge on any atom is 0.255 e. The van der Waals surface area contributed by atoms with E-state index in [0.717, 1.165) is 33.5 Å². The van der Waals surface area contributed by atoms with Crippen molar-refractivity contribution in [2.45, 2.75) is 22.6 Å². The average Bonchev–Trinajstić information content (AvgIpc) is 2.75. The van der Waals surface area contributed by atoms with Crippen molar-refractivity contribution in [1.29, 1.82) is 0 Å². The molecule has 1 heterocycles. The number of carbonyl (C=O) groups is 1. The SMILES string of the molecule is CN(Sc1ccc(NC(=O)c2ccc3c(c2)CCCS3)cc1)c1ccccc1Cl. The predicted molar refractivity (Wildman–Crippen MR) is 126 cm³/mol. The van der Waals surface area contributed by atoms with E-state index in [4.69, 9.17) is 11.6 Å². The van der Waals surface area contributed by atoms with Crippen molar-refractivity contribution in [2.75, 3.05) is 22.4 Å². The van der Waals surface area contributed by atoms with E-state index in [1.807, 2.05) is 83.8 Å². The highest BCUT2D eigenvalue weighted by atomic mass is 35.5. The highest BCUT2D eigenvalue weighted by molar-refractivity contribution is 8.00. The first-order valence-electron chi connectivity index (χ1n) is 9.43. The molecule has 1 aliphatic heterocycles. The molecule has 0 saturated carbocycles. The standard InChI is InChI=1S/C23H21ClN2OS2/c1-26(21-7-3-2-6-20(21)24)29-19-11-9-18(10-12-19)25-23(27)17-8-13-22-16(15-17)5-4-14-28-22/h2-3,6-13,15H,4-5,14H2,1H3,(H,25,27). The van der Waals surface area contributed by atoms with Gasteiger partial charge in [0.25, 0.3) is 5.91 Å². The van der Waals surface area contributed by atoms with Crippen molar-refractivity contribution in [1.82, 2.24) is 0 Å². The Morgan fingerprint density at radius 1 is 1.10 bits per heavy atom. The zero-order valence-electron chi connectivity index (χ0n) is 16.0. The summed E-state index contributed by atoms with van der Waals surface area (Å²) in [5, 5.41) is 3.71. The molecule has 0 atom stereocenters. The Hall–Kier alpha value is -2.08. The molecular formula is C23H21ClN2OS2. The number of rotatable bonds is 5. The van der Waals surface area contributed by atoms with Gasteiger partial charge in [-0.25, -0.2) is 0 Å². The van der Waals surface area contributed by atoms with E-state index in [-0.39, 0.29) is 5.91 Å². The number of aryl methyl sites for hydroxylation is 1. The molecular weight excluding hydrogens is 420 g/mol. The van der Waals surface area contributed by atoms with Gasteiger partial charge in [0.15, 0.2) is 0 Å². The van der Waals surface area contributed by atoms with Crippen LogP contribution >= 0.6 is 35.3 Å². The second kappa shape index (κ2) is 9.16. The first-order valence-corrected chi connectivity index (χ1v) is 11.6. The van der Waals surface area contributed by atoms with Crippen LogP contribution in [-0.2, 0) is 6.42 Å². The van der Waals surface area contributed by atoms with E-state index in [2.05, 4.69) is 11.4 Å². The zero-order chi connectivity index (χ0) is 20.2. The first kappa shape index (κ1) is 20.2. The van der Waals surface area contributed by atoms with Gasteiger partial charge in [-0.05, 0) is 90.7 Å². The van der Waals surface area contributed by atoms with Crippen molar-refractivity contribution >= 4 is 52.6 Å². The number of thioether (sulfide) groups is 1. The third kappa shape index (κ3) is 4.92. The monoisotopic (exact) mass is 440 g/mol. The topological polar surface area (TPSA) is 32.3 Å². The van der Waals surface area contributed by atoms with Crippen LogP contribution in [0.1, 0.15) is 22.3 Å². The fourth-order valence-electron chi connectivity index (χ4n) is 3.22. The van der Waals surface area contributed by atoms with Crippen molar-refractivity contribution in [3.63, 3.8) is 0 Å². The van der Waals surface area contributed by atoms with E-state index in [9.17, 15) is 4.79 Å². The summed E-state index contributed by atoms with van der Waals surface area (Å²) in [7, 11) is 1.98. The molecule has 0 saturated heterocycles. The number of halogens is 1. The molecule has 0 fully saturated rings. The highest BCUT2D eigenvalue weighted by Gasteiger charge is 2.14. The van der Waals surface area contributed by atoms with Crippen LogP contribution in [0.5, 0.6) is 0 Å². The van der Waals surface area contributed by atoms with Crippen molar-refractivity contribution in [2.24, 2.45) is 0 Å². The van der Waals surface area contributed by atoms with E-state index in [1.54, 1.807) is 11.9 Å². The maximum absolute atomic E-state index is 12.6. The second-order valence-corrected chi connectivity index (χ2v) is 9.54. The normalized spacial score (nSPS) is 12.9. The Balaban J connectivity index is 1.40. The van der Waals surface area contributed by atoms with E-state index >= 15 is 0 Å². The van der Waals surface area contributed by atoms with Crippen LogP contribution in [0.4, 0.5) is 11.4 Å². The summed E-state index contributed by atoms with van der Waals surface area (Å²) in [6.45, 7) is 0. The summed E-state index contributed by atoms with van der Waals surface area (Å²) in [5.74, 6) is 1.09. The van der Waals surface area contributed by atoms with Crippen LogP contribution < -0.4 is 9.62 Å². The van der Waals surface area contributed by atoms with Gasteiger partial charge in [-0.15, -0.1) is 11.8 Å². The number of carbonyl (C=O) groups excluding carboxylic acids is 1. The summed E-state index contributed by atoms with van der Waals surface area (Å²) in [6.07, 6.45) is 2.22. The fraction of sp³-hybridized carbons (Fsp3) is 0.174. The maximum atomic E-state index is 12.6. The summed E-state index contributed by atoms with van der Waals surface area (Å²) in [5.41, 5.74) is 3.74. The quantitative estimate of drug-likeness (QED) is 0.443. The Kier molecular flexibility index (Phi) is 6.38. The average molecular weight is 441 g/mol. The minimum absolute atomic E-state index is 0.0723. The van der Waals surface area contributed by atoms with Gasteiger partial charge in [-0.1, -0.05) is 23.7 Å². The second-order valence-electron chi connectivity index (χ2n) is 6.79. The Morgan fingerprint density at radius 3 is 2.69 bits per heavy atom. The lowest BCUT2D eigenvalue weighted by Gasteiger charge is -2.19. The van der Waals surface area contributed by atoms with Crippen LogP contribution in [0.25, 0.3) is 0 Å². The van der Waals surface area contributed by atoms with Crippen LogP contribution in [0.3, 0.4) is 0 Å². The molecule has 0 aromatic heterocycles. The van der Waals surface area contributed by atoms with E-state index in [0.29, 0.717) is 5.56 Å². The predicted octanol–water partition coefficient (Wildman–Crippen LogP) is 6.77. The number of hydrogen-bond donors (Lipinski definition) is 1. The molecule has 0 bridgehead atoms. The first-order chi connectivity index (χ1) is 14.1. The van der Waals surface area contributed by atoms with Gasteiger partial charge in [0.05, 0.1) is 10.7 Å². The molecule has 1 N–H and O–H groups in total. The number of amides is 1. The molecule has 3 aromatic carbocycles. The van der Waals surface area contributed by atoms with Gasteiger partial charge in [0.1, 0.15) is 0 Å². The van der Waals surface area contributed by atoms with Crippen LogP contribution in [0.15, 0.2) is 76.5 Å². The molecule has 3 aromatic rings. The summed E-state index contributed by atoms with van der Waals surface area (Å²) in [6, 6.07) is 21.6. The van der Waals surface area contributed by atoms with Gasteiger partial charge in [-0.2, -0.15) is 0 Å². The molecule has 6 heteroatoms. The number of fused-ring (bicyclic) bond motifs is 1. The van der Waals surface area contributed by atoms with E-state index < -0.39 is 0 Å². The lowest BCUT2D eigenvalue weighted by atomic mass is 10.1. The highest BCUT2D eigenvalue weighted by Crippen LogP contribution is 2.33. The molecule has 4 rings (SSSR count). The molecule has 3 nitrogen and oxygen atoms in total. The minimum Gasteiger partial charge on any atom is -0.322 e. The Labute approximate surface area is 185 Å². The van der Waals surface area contributed by atoms with Gasteiger partial charge in [0, 0.05) is 28.1 Å². The van der Waals surface area contributed by atoms with Gasteiger partial charge >= 0.3 is 0 Å². The summed E-state index contributed by atoms with van der Waals surface area (Å²) < 4.78 is 2.03. The molecule has 0 aliphatic carbocycles. The molecule has 0 radical (unpaired) electrons. The van der Waals surface area contributed by atoms with Gasteiger partial charge in [-0.3, -0.25) is 4.79 Å². The molecule has 0 spiro atoms. The number of nitrogens with one attached hydrogen (secondary N) is 1. The smallest absolute Gasteiger partial charge is 0.255 e. The van der Waals surface area contributed by atoms with Crippen molar-refractivity contribution < 1.29 is 4.79 Å². The number of anilines is 2. The number of para-hydroxylation sites is 1. The summed E-state index contributed by atoms with van der Waals surface area (Å²) >= 11 is 9.72. The Morgan fingerprint density at radius 2 is 1.90 bits per heavy atom. The third-order valence-corrected chi connectivity index (χ3v) is 7.19. The fourth-order valence-corrected chi connectivity index (χ4v) is 5.38. The lowest BCUT2D eigenvalue weighted by Crippen LogP contribution is -2.13. The molecule has 1 amide bonds. The molecule has 1 aliphatic rings. The van der Waals surface area contributed by atoms with Crippen LogP contribution in [0, 0.1) is 0 Å². The van der Waals surface area contributed by atoms with Crippen molar-refractivity contribution in [3.05, 3.63) is 82.9 Å². The minimum atomic E-state index is -0.0723. The zero-order valence-corrected chi connectivity index (χ0v) is 18.4. The molecule has 29 heavy (non-hydrogen) atoms. The molecule has 148 valence electrons. The van der Waals surface area contributed by atoms with E-state index in [1.165, 1.54) is 16.9 Å². The summed E-state index contributed by atoms with van der Waals surface area (Å²) in [4.78, 5) is 15.0. The van der Waals surface area contributed by atoms with Crippen LogP contribution in [0.2, 0.25) is 5.02 Å². The number of nitrogens with zero attached hydrogens (tertiary/aromatic N) is 1. The number of benzene rings is 3. The number of hydrogen-bond acceptors (Lipinski definition) is 4.